The van der Waals surface area contributed by atoms with E-state index in [0.29, 0.717) is 5.01 Å². The maximum Gasteiger partial charge on any atom is 0.355 e. The fourth-order valence-corrected chi connectivity index (χ4v) is 2.18. The van der Waals surface area contributed by atoms with E-state index >= 15 is 0 Å². The van der Waals surface area contributed by atoms with Gasteiger partial charge in [0.05, 0.1) is 12.2 Å². The van der Waals surface area contributed by atoms with Gasteiger partial charge in [0.15, 0.2) is 5.69 Å². The molecule has 1 atom stereocenters. The number of aromatic nitrogens is 3. The lowest BCUT2D eigenvalue weighted by Gasteiger charge is -2.10. The first-order valence-electron chi connectivity index (χ1n) is 5.51. The van der Waals surface area contributed by atoms with Crippen LogP contribution in [0.2, 0.25) is 0 Å². The number of carboxylic acids is 1. The third kappa shape index (κ3) is 3.06. The van der Waals surface area contributed by atoms with Gasteiger partial charge >= 0.3 is 5.97 Å². The summed E-state index contributed by atoms with van der Waals surface area (Å²) in [7, 11) is 0. The molecule has 0 bridgehead atoms. The molecule has 9 heteroatoms. The summed E-state index contributed by atoms with van der Waals surface area (Å²) in [6.07, 6.45) is 2.21. The van der Waals surface area contributed by atoms with Crippen LogP contribution in [-0.2, 0) is 0 Å². The molecule has 1 amide bonds. The number of thiazole rings is 1. The van der Waals surface area contributed by atoms with E-state index in [1.54, 1.807) is 6.92 Å². The number of rotatable bonds is 4. The van der Waals surface area contributed by atoms with Crippen LogP contribution in [0.15, 0.2) is 22.6 Å². The number of nitrogens with zero attached hydrogens (tertiary/aromatic N) is 2. The molecule has 0 aliphatic rings. The second-order valence-corrected chi connectivity index (χ2v) is 4.76. The molecule has 2 heterocycles. The molecule has 2 rings (SSSR count). The molecule has 0 aliphatic heterocycles. The van der Waals surface area contributed by atoms with Crippen molar-refractivity contribution in [3.63, 3.8) is 0 Å². The zero-order chi connectivity index (χ0) is 14.7. The van der Waals surface area contributed by atoms with Crippen molar-refractivity contribution in [3.05, 3.63) is 44.5 Å². The highest BCUT2D eigenvalue weighted by Gasteiger charge is 2.17. The molecule has 0 spiro atoms. The SMILES string of the molecule is CC(NC(=O)c1c[nH]c(=O)cn1)c1nc(C(=O)O)cs1. The Bertz CT molecular complexity index is 688. The number of amides is 1. The largest absolute Gasteiger partial charge is 0.476 e. The van der Waals surface area contributed by atoms with Gasteiger partial charge in [0.1, 0.15) is 10.7 Å². The number of aromatic amines is 1. The van der Waals surface area contributed by atoms with Crippen molar-refractivity contribution < 1.29 is 14.7 Å². The summed E-state index contributed by atoms with van der Waals surface area (Å²) >= 11 is 1.14. The van der Waals surface area contributed by atoms with Crippen LogP contribution >= 0.6 is 11.3 Å². The monoisotopic (exact) mass is 294 g/mol. The van der Waals surface area contributed by atoms with Crippen LogP contribution < -0.4 is 10.9 Å². The Labute approximate surface area is 116 Å². The first-order chi connectivity index (χ1) is 9.47. The minimum absolute atomic E-state index is 0.0615. The minimum atomic E-state index is -1.12. The molecule has 8 nitrogen and oxygen atoms in total. The van der Waals surface area contributed by atoms with Crippen molar-refractivity contribution >= 4 is 23.2 Å². The summed E-state index contributed by atoms with van der Waals surface area (Å²) in [5, 5.41) is 13.3. The topological polar surface area (TPSA) is 125 Å². The normalized spacial score (nSPS) is 11.8. The van der Waals surface area contributed by atoms with Crippen LogP contribution in [0.5, 0.6) is 0 Å². The van der Waals surface area contributed by atoms with Gasteiger partial charge in [0.25, 0.3) is 11.5 Å². The molecular weight excluding hydrogens is 284 g/mol. The third-order valence-corrected chi connectivity index (χ3v) is 3.39. The van der Waals surface area contributed by atoms with Crippen LogP contribution in [-0.4, -0.2) is 31.9 Å². The van der Waals surface area contributed by atoms with Crippen molar-refractivity contribution in [2.45, 2.75) is 13.0 Å². The lowest BCUT2D eigenvalue weighted by molar-refractivity contribution is 0.0691. The Balaban J connectivity index is 2.08. The Morgan fingerprint density at radius 3 is 2.75 bits per heavy atom. The number of aromatic carboxylic acids is 1. The quantitative estimate of drug-likeness (QED) is 0.750. The van der Waals surface area contributed by atoms with E-state index in [9.17, 15) is 14.4 Å². The number of hydrogen-bond donors (Lipinski definition) is 3. The third-order valence-electron chi connectivity index (χ3n) is 2.36. The first kappa shape index (κ1) is 13.9. The van der Waals surface area contributed by atoms with E-state index in [-0.39, 0.29) is 11.4 Å². The summed E-state index contributed by atoms with van der Waals surface area (Å²) in [6.45, 7) is 1.67. The Morgan fingerprint density at radius 1 is 1.45 bits per heavy atom. The maximum absolute atomic E-state index is 11.8. The number of hydrogen-bond acceptors (Lipinski definition) is 6. The highest BCUT2D eigenvalue weighted by Crippen LogP contribution is 2.18. The van der Waals surface area contributed by atoms with Crippen LogP contribution in [0.3, 0.4) is 0 Å². The zero-order valence-corrected chi connectivity index (χ0v) is 11.1. The van der Waals surface area contributed by atoms with Gasteiger partial charge in [0.2, 0.25) is 0 Å². The van der Waals surface area contributed by atoms with E-state index in [4.69, 9.17) is 5.11 Å². The highest BCUT2D eigenvalue weighted by molar-refractivity contribution is 7.09. The predicted molar refractivity (Wildman–Crippen MR) is 69.8 cm³/mol. The predicted octanol–water partition coefficient (Wildman–Crippen LogP) is 0.416. The number of carbonyl (C=O) groups excluding carboxylic acids is 1. The summed E-state index contributed by atoms with van der Waals surface area (Å²) in [4.78, 5) is 43.3. The molecular formula is C11H10N4O4S. The van der Waals surface area contributed by atoms with Crippen molar-refractivity contribution in [3.8, 4) is 0 Å². The lowest BCUT2D eigenvalue weighted by atomic mass is 10.3. The van der Waals surface area contributed by atoms with Gasteiger partial charge < -0.3 is 15.4 Å². The molecule has 0 fully saturated rings. The van der Waals surface area contributed by atoms with E-state index in [1.165, 1.54) is 11.6 Å². The minimum Gasteiger partial charge on any atom is -0.476 e. The van der Waals surface area contributed by atoms with Crippen molar-refractivity contribution in [2.75, 3.05) is 0 Å². The molecule has 0 saturated heterocycles. The maximum atomic E-state index is 11.8. The number of carbonyl (C=O) groups is 2. The highest BCUT2D eigenvalue weighted by atomic mass is 32.1. The van der Waals surface area contributed by atoms with Gasteiger partial charge in [-0.05, 0) is 6.92 Å². The molecule has 20 heavy (non-hydrogen) atoms. The Morgan fingerprint density at radius 2 is 2.20 bits per heavy atom. The Hall–Kier alpha value is -2.55. The van der Waals surface area contributed by atoms with Crippen molar-refractivity contribution in [2.24, 2.45) is 0 Å². The molecule has 104 valence electrons. The average molecular weight is 294 g/mol. The second kappa shape index (κ2) is 5.61. The van der Waals surface area contributed by atoms with E-state index in [2.05, 4.69) is 20.3 Å². The fraction of sp³-hybridized carbons (Fsp3) is 0.182. The summed E-state index contributed by atoms with van der Waals surface area (Å²) in [5.74, 6) is -1.60. The van der Waals surface area contributed by atoms with Crippen molar-refractivity contribution in [1.82, 2.24) is 20.3 Å². The smallest absolute Gasteiger partial charge is 0.355 e. The molecule has 3 N–H and O–H groups in total. The number of nitrogens with one attached hydrogen (secondary N) is 2. The van der Waals surface area contributed by atoms with Crippen LogP contribution in [0.4, 0.5) is 0 Å². The van der Waals surface area contributed by atoms with Crippen molar-refractivity contribution in [1.29, 1.82) is 0 Å². The molecule has 0 aromatic carbocycles. The molecule has 2 aromatic rings. The summed E-state index contributed by atoms with van der Waals surface area (Å²) in [6, 6.07) is -0.464. The number of carboxylic acid groups (broad SMARTS) is 1. The van der Waals surface area contributed by atoms with Gasteiger partial charge in [-0.3, -0.25) is 9.59 Å². The van der Waals surface area contributed by atoms with E-state index < -0.39 is 23.5 Å². The molecule has 2 aromatic heterocycles. The summed E-state index contributed by atoms with van der Waals surface area (Å²) in [5.41, 5.74) is -0.402. The lowest BCUT2D eigenvalue weighted by Crippen LogP contribution is -2.28. The Kier molecular flexibility index (Phi) is 3.89. The molecule has 1 unspecified atom stereocenters. The van der Waals surface area contributed by atoms with Gasteiger partial charge in [-0.15, -0.1) is 11.3 Å². The number of H-pyrrole nitrogens is 1. The first-order valence-corrected chi connectivity index (χ1v) is 6.39. The van der Waals surface area contributed by atoms with Crippen LogP contribution in [0, 0.1) is 0 Å². The molecule has 0 radical (unpaired) electrons. The van der Waals surface area contributed by atoms with Gasteiger partial charge in [0, 0.05) is 11.6 Å². The standard InChI is InChI=1S/C11H10N4O4S/c1-5(10-15-7(4-20-10)11(18)19)14-9(17)6-2-13-8(16)3-12-6/h2-5H,1H3,(H,13,16)(H,14,17)(H,18,19). The van der Waals surface area contributed by atoms with E-state index in [1.807, 2.05) is 0 Å². The molecule has 0 saturated carbocycles. The van der Waals surface area contributed by atoms with Crippen LogP contribution in [0.1, 0.15) is 39.0 Å². The average Bonchev–Trinajstić information content (AvgIpc) is 2.89. The fourth-order valence-electron chi connectivity index (χ4n) is 1.38. The van der Waals surface area contributed by atoms with Gasteiger partial charge in [-0.1, -0.05) is 0 Å². The van der Waals surface area contributed by atoms with Gasteiger partial charge in [-0.25, -0.2) is 14.8 Å². The summed E-state index contributed by atoms with van der Waals surface area (Å²) < 4.78 is 0. The van der Waals surface area contributed by atoms with Gasteiger partial charge in [-0.2, -0.15) is 0 Å². The van der Waals surface area contributed by atoms with E-state index in [0.717, 1.165) is 17.5 Å². The van der Waals surface area contributed by atoms with Crippen LogP contribution in [0.25, 0.3) is 0 Å². The second-order valence-electron chi connectivity index (χ2n) is 3.87. The molecule has 0 aliphatic carbocycles. The zero-order valence-electron chi connectivity index (χ0n) is 10.3.